The van der Waals surface area contributed by atoms with Crippen molar-refractivity contribution in [1.82, 2.24) is 5.32 Å². The van der Waals surface area contributed by atoms with Gasteiger partial charge in [-0.2, -0.15) is 0 Å². The summed E-state index contributed by atoms with van der Waals surface area (Å²) < 4.78 is 0. The summed E-state index contributed by atoms with van der Waals surface area (Å²) in [5.74, 6) is 2.12. The van der Waals surface area contributed by atoms with Crippen molar-refractivity contribution in [1.29, 1.82) is 0 Å². The third-order valence-electron chi connectivity index (χ3n) is 3.44. The van der Waals surface area contributed by atoms with Crippen LogP contribution in [0.3, 0.4) is 0 Å². The molecule has 1 heteroatoms. The Bertz CT molecular complexity index is 122. The van der Waals surface area contributed by atoms with Gasteiger partial charge in [-0.15, -0.1) is 0 Å². The van der Waals surface area contributed by atoms with Gasteiger partial charge in [0.1, 0.15) is 0 Å². The average Bonchev–Trinajstić information content (AvgIpc) is 2.60. The van der Waals surface area contributed by atoms with E-state index in [1.165, 1.54) is 45.1 Å². The predicted octanol–water partition coefficient (Wildman–Crippen LogP) is 3.20. The molecule has 1 nitrogen and oxygen atoms in total. The molecule has 0 heterocycles. The van der Waals surface area contributed by atoms with Gasteiger partial charge < -0.3 is 5.32 Å². The molecule has 0 aromatic heterocycles. The molecular weight excluding hydrogens is 158 g/mol. The normalized spacial score (nSPS) is 28.2. The van der Waals surface area contributed by atoms with Crippen molar-refractivity contribution in [2.75, 3.05) is 13.1 Å². The molecule has 2 unspecified atom stereocenters. The van der Waals surface area contributed by atoms with Gasteiger partial charge in [0.2, 0.25) is 0 Å². The summed E-state index contributed by atoms with van der Waals surface area (Å²) in [5.41, 5.74) is 0. The zero-order valence-corrected chi connectivity index (χ0v) is 9.31. The Morgan fingerprint density at radius 1 is 1.15 bits per heavy atom. The Morgan fingerprint density at radius 2 is 1.92 bits per heavy atom. The molecule has 1 aliphatic carbocycles. The summed E-state index contributed by atoms with van der Waals surface area (Å²) in [6.07, 6.45) is 8.78. The van der Waals surface area contributed by atoms with Crippen molar-refractivity contribution in [3.63, 3.8) is 0 Å². The highest BCUT2D eigenvalue weighted by Crippen LogP contribution is 2.35. The van der Waals surface area contributed by atoms with Gasteiger partial charge in [0.05, 0.1) is 0 Å². The topological polar surface area (TPSA) is 12.0 Å². The Hall–Kier alpha value is -0.0400. The summed E-state index contributed by atoms with van der Waals surface area (Å²) in [7, 11) is 0. The maximum Gasteiger partial charge on any atom is -0.00489 e. The number of nitrogens with one attached hydrogen (secondary N) is 1. The van der Waals surface area contributed by atoms with E-state index in [1.807, 2.05) is 0 Å². The van der Waals surface area contributed by atoms with Crippen molar-refractivity contribution >= 4 is 0 Å². The molecule has 0 spiro atoms. The molecule has 1 N–H and O–H groups in total. The quantitative estimate of drug-likeness (QED) is 0.624. The lowest BCUT2D eigenvalue weighted by Crippen LogP contribution is -2.14. The van der Waals surface area contributed by atoms with Gasteiger partial charge in [-0.05, 0) is 44.2 Å². The van der Waals surface area contributed by atoms with Crippen LogP contribution in [-0.4, -0.2) is 13.1 Å². The molecule has 0 aromatic carbocycles. The standard InChI is InChI=1S/C12H25N/c1-3-11-7-8-12(10-11)6-5-9-13-4-2/h11-13H,3-10H2,1-2H3. The monoisotopic (exact) mass is 183 g/mol. The second-order valence-corrected chi connectivity index (χ2v) is 4.45. The van der Waals surface area contributed by atoms with E-state index in [9.17, 15) is 0 Å². The van der Waals surface area contributed by atoms with E-state index in [-0.39, 0.29) is 0 Å². The van der Waals surface area contributed by atoms with E-state index >= 15 is 0 Å². The largest absolute Gasteiger partial charge is 0.317 e. The van der Waals surface area contributed by atoms with Gasteiger partial charge in [0, 0.05) is 0 Å². The van der Waals surface area contributed by atoms with Crippen LogP contribution < -0.4 is 5.32 Å². The van der Waals surface area contributed by atoms with Gasteiger partial charge in [0.15, 0.2) is 0 Å². The molecule has 0 amide bonds. The average molecular weight is 183 g/mol. The molecule has 13 heavy (non-hydrogen) atoms. The SMILES string of the molecule is CCNCCCC1CCC(CC)C1. The maximum absolute atomic E-state index is 3.40. The van der Waals surface area contributed by atoms with Crippen LogP contribution in [0.25, 0.3) is 0 Å². The summed E-state index contributed by atoms with van der Waals surface area (Å²) >= 11 is 0. The zero-order chi connectivity index (χ0) is 9.52. The minimum atomic E-state index is 1.06. The zero-order valence-electron chi connectivity index (χ0n) is 9.31. The molecule has 0 aliphatic heterocycles. The van der Waals surface area contributed by atoms with E-state index in [2.05, 4.69) is 19.2 Å². The molecule has 78 valence electrons. The summed E-state index contributed by atoms with van der Waals surface area (Å²) in [5, 5.41) is 3.40. The first-order valence-corrected chi connectivity index (χ1v) is 6.07. The van der Waals surface area contributed by atoms with Gasteiger partial charge in [-0.1, -0.05) is 33.1 Å². The second-order valence-electron chi connectivity index (χ2n) is 4.45. The molecule has 1 fully saturated rings. The summed E-state index contributed by atoms with van der Waals surface area (Å²) in [6, 6.07) is 0. The van der Waals surface area contributed by atoms with Crippen molar-refractivity contribution < 1.29 is 0 Å². The lowest BCUT2D eigenvalue weighted by molar-refractivity contribution is 0.440. The van der Waals surface area contributed by atoms with E-state index in [1.54, 1.807) is 0 Å². The van der Waals surface area contributed by atoms with Crippen LogP contribution >= 0.6 is 0 Å². The van der Waals surface area contributed by atoms with Crippen molar-refractivity contribution in [2.45, 2.75) is 52.4 Å². The summed E-state index contributed by atoms with van der Waals surface area (Å²) in [4.78, 5) is 0. The van der Waals surface area contributed by atoms with Crippen LogP contribution in [0.5, 0.6) is 0 Å². The molecule has 0 bridgehead atoms. The van der Waals surface area contributed by atoms with Gasteiger partial charge >= 0.3 is 0 Å². The minimum Gasteiger partial charge on any atom is -0.317 e. The fraction of sp³-hybridized carbons (Fsp3) is 1.00. The molecule has 1 aliphatic rings. The highest BCUT2D eigenvalue weighted by Gasteiger charge is 2.22. The van der Waals surface area contributed by atoms with E-state index in [0.717, 1.165) is 18.4 Å². The number of hydrogen-bond acceptors (Lipinski definition) is 1. The predicted molar refractivity (Wildman–Crippen MR) is 58.9 cm³/mol. The lowest BCUT2D eigenvalue weighted by Gasteiger charge is -2.09. The second kappa shape index (κ2) is 6.42. The Kier molecular flexibility index (Phi) is 5.45. The van der Waals surface area contributed by atoms with Crippen LogP contribution in [0, 0.1) is 11.8 Å². The van der Waals surface area contributed by atoms with Gasteiger partial charge in [-0.3, -0.25) is 0 Å². The third-order valence-corrected chi connectivity index (χ3v) is 3.44. The molecule has 1 saturated carbocycles. The molecule has 0 aromatic rings. The molecule has 2 atom stereocenters. The highest BCUT2D eigenvalue weighted by molar-refractivity contribution is 4.74. The Morgan fingerprint density at radius 3 is 2.54 bits per heavy atom. The maximum atomic E-state index is 3.40. The number of hydrogen-bond donors (Lipinski definition) is 1. The van der Waals surface area contributed by atoms with E-state index in [0.29, 0.717) is 0 Å². The minimum absolute atomic E-state index is 1.06. The smallest absolute Gasteiger partial charge is 0.00489 e. The lowest BCUT2D eigenvalue weighted by atomic mass is 9.99. The highest BCUT2D eigenvalue weighted by atomic mass is 14.8. The fourth-order valence-electron chi connectivity index (χ4n) is 2.50. The Balaban J connectivity index is 1.97. The van der Waals surface area contributed by atoms with Crippen LogP contribution in [0.2, 0.25) is 0 Å². The van der Waals surface area contributed by atoms with E-state index < -0.39 is 0 Å². The number of rotatable bonds is 6. The Labute approximate surface area is 83.3 Å². The van der Waals surface area contributed by atoms with Crippen LogP contribution in [0.1, 0.15) is 52.4 Å². The molecule has 1 rings (SSSR count). The van der Waals surface area contributed by atoms with Crippen molar-refractivity contribution in [3.8, 4) is 0 Å². The van der Waals surface area contributed by atoms with Crippen LogP contribution in [-0.2, 0) is 0 Å². The third kappa shape index (κ3) is 4.12. The molecule has 0 saturated heterocycles. The molecular formula is C12H25N. The van der Waals surface area contributed by atoms with Crippen molar-refractivity contribution in [3.05, 3.63) is 0 Å². The van der Waals surface area contributed by atoms with Crippen molar-refractivity contribution in [2.24, 2.45) is 11.8 Å². The van der Waals surface area contributed by atoms with Crippen LogP contribution in [0.4, 0.5) is 0 Å². The first kappa shape index (κ1) is 11.0. The summed E-state index contributed by atoms with van der Waals surface area (Å²) in [6.45, 7) is 6.88. The van der Waals surface area contributed by atoms with Gasteiger partial charge in [0.25, 0.3) is 0 Å². The first-order valence-electron chi connectivity index (χ1n) is 6.07. The first-order chi connectivity index (χ1) is 6.36. The van der Waals surface area contributed by atoms with Gasteiger partial charge in [-0.25, -0.2) is 0 Å². The molecule has 0 radical (unpaired) electrons. The van der Waals surface area contributed by atoms with E-state index in [4.69, 9.17) is 0 Å². The fourth-order valence-corrected chi connectivity index (χ4v) is 2.50. The van der Waals surface area contributed by atoms with Crippen LogP contribution in [0.15, 0.2) is 0 Å².